The molecule has 0 aliphatic rings. The van der Waals surface area contributed by atoms with Crippen LogP contribution in [-0.4, -0.2) is 16.0 Å². The van der Waals surface area contributed by atoms with E-state index in [2.05, 4.69) is 15.5 Å². The van der Waals surface area contributed by atoms with E-state index in [1.807, 2.05) is 13.0 Å². The van der Waals surface area contributed by atoms with Gasteiger partial charge in [0, 0.05) is 28.9 Å². The molecule has 6 nitrogen and oxygen atoms in total. The Morgan fingerprint density at radius 2 is 2.30 bits per heavy atom. The lowest BCUT2D eigenvalue weighted by molar-refractivity contribution is 0.0949. The van der Waals surface area contributed by atoms with Crippen molar-refractivity contribution in [2.75, 3.05) is 5.73 Å². The van der Waals surface area contributed by atoms with Crippen molar-refractivity contribution in [3.8, 4) is 0 Å². The molecule has 4 N–H and O–H groups in total. The third kappa shape index (κ3) is 2.23. The number of hydrogen-bond acceptors (Lipinski definition) is 4. The molecule has 1 aromatic carbocycles. The number of benzene rings is 1. The SMILES string of the molecule is Cc1cc(CNC(=O)c2c[nH]c3ccc(N)cc23)on1. The summed E-state index contributed by atoms with van der Waals surface area (Å²) < 4.78 is 5.05. The molecule has 3 aromatic rings. The van der Waals surface area contributed by atoms with Gasteiger partial charge >= 0.3 is 0 Å². The van der Waals surface area contributed by atoms with Crippen LogP contribution in [0, 0.1) is 6.92 Å². The highest BCUT2D eigenvalue weighted by molar-refractivity contribution is 6.07. The molecular weight excluding hydrogens is 256 g/mol. The van der Waals surface area contributed by atoms with Crippen molar-refractivity contribution in [1.82, 2.24) is 15.5 Å². The van der Waals surface area contributed by atoms with Gasteiger partial charge < -0.3 is 20.6 Å². The van der Waals surface area contributed by atoms with Crippen molar-refractivity contribution in [2.45, 2.75) is 13.5 Å². The van der Waals surface area contributed by atoms with Crippen LogP contribution >= 0.6 is 0 Å². The molecule has 0 bridgehead atoms. The van der Waals surface area contributed by atoms with E-state index in [1.165, 1.54) is 0 Å². The van der Waals surface area contributed by atoms with Crippen LogP contribution in [0.15, 0.2) is 35.0 Å². The molecule has 6 heteroatoms. The first-order chi connectivity index (χ1) is 9.63. The van der Waals surface area contributed by atoms with E-state index in [1.54, 1.807) is 24.4 Å². The zero-order chi connectivity index (χ0) is 14.1. The summed E-state index contributed by atoms with van der Waals surface area (Å²) in [6.45, 7) is 2.13. The van der Waals surface area contributed by atoms with Gasteiger partial charge in [-0.15, -0.1) is 0 Å². The van der Waals surface area contributed by atoms with E-state index < -0.39 is 0 Å². The number of aromatic amines is 1. The van der Waals surface area contributed by atoms with Crippen LogP contribution in [0.5, 0.6) is 0 Å². The maximum Gasteiger partial charge on any atom is 0.253 e. The molecule has 3 rings (SSSR count). The number of anilines is 1. The van der Waals surface area contributed by atoms with E-state index in [0.717, 1.165) is 16.6 Å². The molecule has 0 saturated heterocycles. The fourth-order valence-corrected chi connectivity index (χ4v) is 2.09. The third-order valence-corrected chi connectivity index (χ3v) is 3.05. The number of fused-ring (bicyclic) bond motifs is 1. The summed E-state index contributed by atoms with van der Waals surface area (Å²) in [5, 5.41) is 7.36. The number of hydrogen-bond donors (Lipinski definition) is 3. The van der Waals surface area contributed by atoms with Crippen molar-refractivity contribution in [3.05, 3.63) is 47.5 Å². The van der Waals surface area contributed by atoms with Crippen molar-refractivity contribution in [3.63, 3.8) is 0 Å². The first-order valence-electron chi connectivity index (χ1n) is 6.20. The van der Waals surface area contributed by atoms with Gasteiger partial charge in [0.05, 0.1) is 17.8 Å². The largest absolute Gasteiger partial charge is 0.399 e. The predicted molar refractivity (Wildman–Crippen MR) is 75.1 cm³/mol. The van der Waals surface area contributed by atoms with Gasteiger partial charge in [0.2, 0.25) is 0 Å². The second kappa shape index (κ2) is 4.73. The summed E-state index contributed by atoms with van der Waals surface area (Å²) in [4.78, 5) is 15.2. The average molecular weight is 270 g/mol. The monoisotopic (exact) mass is 270 g/mol. The summed E-state index contributed by atoms with van der Waals surface area (Å²) in [5.41, 5.74) is 8.59. The zero-order valence-electron chi connectivity index (χ0n) is 10.9. The predicted octanol–water partition coefficient (Wildman–Crippen LogP) is 1.98. The number of nitrogen functional groups attached to an aromatic ring is 1. The summed E-state index contributed by atoms with van der Waals surface area (Å²) in [6.07, 6.45) is 1.67. The van der Waals surface area contributed by atoms with E-state index in [-0.39, 0.29) is 5.91 Å². The minimum Gasteiger partial charge on any atom is -0.399 e. The Morgan fingerprint density at radius 1 is 1.45 bits per heavy atom. The highest BCUT2D eigenvalue weighted by Crippen LogP contribution is 2.20. The summed E-state index contributed by atoms with van der Waals surface area (Å²) in [7, 11) is 0. The molecule has 1 amide bonds. The number of amides is 1. The Labute approximate surface area is 114 Å². The van der Waals surface area contributed by atoms with E-state index >= 15 is 0 Å². The molecule has 0 spiro atoms. The number of rotatable bonds is 3. The van der Waals surface area contributed by atoms with Crippen molar-refractivity contribution < 1.29 is 9.32 Å². The molecule has 0 aliphatic heterocycles. The van der Waals surface area contributed by atoms with Crippen LogP contribution in [0.2, 0.25) is 0 Å². The molecule has 0 fully saturated rings. The van der Waals surface area contributed by atoms with Gasteiger partial charge in [0.25, 0.3) is 5.91 Å². The van der Waals surface area contributed by atoms with Gasteiger partial charge in [-0.3, -0.25) is 4.79 Å². The highest BCUT2D eigenvalue weighted by Gasteiger charge is 2.12. The molecule has 102 valence electrons. The fraction of sp³-hybridized carbons (Fsp3) is 0.143. The van der Waals surface area contributed by atoms with E-state index in [4.69, 9.17) is 10.3 Å². The number of H-pyrrole nitrogens is 1. The molecule has 0 aliphatic carbocycles. The second-order valence-corrected chi connectivity index (χ2v) is 4.62. The first kappa shape index (κ1) is 12.3. The number of nitrogens with two attached hydrogens (primary N) is 1. The lowest BCUT2D eigenvalue weighted by Crippen LogP contribution is -2.22. The topological polar surface area (TPSA) is 96.9 Å². The lowest BCUT2D eigenvalue weighted by Gasteiger charge is -2.02. The normalized spacial score (nSPS) is 10.8. The van der Waals surface area contributed by atoms with Gasteiger partial charge in [-0.2, -0.15) is 0 Å². The summed E-state index contributed by atoms with van der Waals surface area (Å²) >= 11 is 0. The fourth-order valence-electron chi connectivity index (χ4n) is 2.09. The van der Waals surface area contributed by atoms with Crippen molar-refractivity contribution in [1.29, 1.82) is 0 Å². The number of carbonyl (C=O) groups excluding carboxylic acids is 1. The average Bonchev–Trinajstić information content (AvgIpc) is 3.02. The van der Waals surface area contributed by atoms with E-state index in [9.17, 15) is 4.79 Å². The Morgan fingerprint density at radius 3 is 3.05 bits per heavy atom. The van der Waals surface area contributed by atoms with Crippen LogP contribution in [0.1, 0.15) is 21.8 Å². The number of nitrogens with zero attached hydrogens (tertiary/aromatic N) is 1. The number of carbonyl (C=O) groups is 1. The molecule has 0 atom stereocenters. The van der Waals surface area contributed by atoms with Gasteiger partial charge in [-0.05, 0) is 25.1 Å². The maximum absolute atomic E-state index is 12.2. The van der Waals surface area contributed by atoms with Crippen LogP contribution in [0.3, 0.4) is 0 Å². The van der Waals surface area contributed by atoms with Crippen LogP contribution in [0.25, 0.3) is 10.9 Å². The van der Waals surface area contributed by atoms with Crippen LogP contribution < -0.4 is 11.1 Å². The number of aromatic nitrogens is 2. The molecule has 0 radical (unpaired) electrons. The first-order valence-corrected chi connectivity index (χ1v) is 6.20. The Bertz CT molecular complexity index is 772. The van der Waals surface area contributed by atoms with Crippen LogP contribution in [-0.2, 0) is 6.54 Å². The number of aryl methyl sites for hydroxylation is 1. The molecule has 2 heterocycles. The van der Waals surface area contributed by atoms with E-state index in [0.29, 0.717) is 23.6 Å². The molecule has 0 unspecified atom stereocenters. The molecule has 2 aromatic heterocycles. The van der Waals surface area contributed by atoms with Crippen molar-refractivity contribution in [2.24, 2.45) is 0 Å². The third-order valence-electron chi connectivity index (χ3n) is 3.05. The quantitative estimate of drug-likeness (QED) is 0.634. The summed E-state index contributed by atoms with van der Waals surface area (Å²) in [6, 6.07) is 7.20. The highest BCUT2D eigenvalue weighted by atomic mass is 16.5. The standard InChI is InChI=1S/C14H14N4O2/c1-8-4-10(20-18-8)6-17-14(19)12-7-16-13-3-2-9(15)5-11(12)13/h2-5,7,16H,6,15H2,1H3,(H,17,19). The summed E-state index contributed by atoms with van der Waals surface area (Å²) in [5.74, 6) is 0.436. The Kier molecular flexibility index (Phi) is 2.90. The number of nitrogens with one attached hydrogen (secondary N) is 2. The zero-order valence-corrected chi connectivity index (χ0v) is 10.9. The molecule has 20 heavy (non-hydrogen) atoms. The second-order valence-electron chi connectivity index (χ2n) is 4.62. The van der Waals surface area contributed by atoms with Gasteiger partial charge in [0.15, 0.2) is 5.76 Å². The Hall–Kier alpha value is -2.76. The maximum atomic E-state index is 12.2. The minimum atomic E-state index is -0.184. The smallest absolute Gasteiger partial charge is 0.253 e. The van der Waals surface area contributed by atoms with Crippen LogP contribution in [0.4, 0.5) is 5.69 Å². The molecule has 0 saturated carbocycles. The Balaban J connectivity index is 1.80. The van der Waals surface area contributed by atoms with Gasteiger partial charge in [-0.25, -0.2) is 0 Å². The molecular formula is C14H14N4O2. The lowest BCUT2D eigenvalue weighted by atomic mass is 10.1. The van der Waals surface area contributed by atoms with Gasteiger partial charge in [0.1, 0.15) is 0 Å². The van der Waals surface area contributed by atoms with Crippen molar-refractivity contribution >= 4 is 22.5 Å². The minimum absolute atomic E-state index is 0.184. The van der Waals surface area contributed by atoms with Gasteiger partial charge in [-0.1, -0.05) is 5.16 Å².